The molecule has 1 aliphatic carbocycles. The van der Waals surface area contributed by atoms with Gasteiger partial charge in [-0.2, -0.15) is 0 Å². The van der Waals surface area contributed by atoms with Gasteiger partial charge in [0.05, 0.1) is 6.10 Å². The molecule has 1 aromatic carbocycles. The van der Waals surface area contributed by atoms with Gasteiger partial charge in [-0.1, -0.05) is 25.1 Å². The molecule has 28 heavy (non-hydrogen) atoms. The Hall–Kier alpha value is -1.85. The number of carbonyl (C=O) groups excluding carboxylic acids is 1. The third kappa shape index (κ3) is 4.41. The standard InChI is InChI=1S/C23H33N3O2/c1-3-13-28-19-7-6-12-25(14-19)15-21-17(2)26(16-23(27)24-18-10-11-18)22-9-5-4-8-20(21)22/h4-5,8-9,18-19H,3,6-7,10-16H2,1-2H3,(H,24,27). The number of hydrogen-bond acceptors (Lipinski definition) is 3. The quantitative estimate of drug-likeness (QED) is 0.757. The SMILES string of the molecule is CCCOC1CCCN(Cc2c(C)n(CC(=O)NC3CC3)c3ccccc23)C1. The molecule has 2 aromatic rings. The molecule has 2 aliphatic rings. The molecule has 0 radical (unpaired) electrons. The zero-order chi connectivity index (χ0) is 19.5. The molecule has 1 atom stereocenters. The molecule has 4 rings (SSSR count). The summed E-state index contributed by atoms with van der Waals surface area (Å²) in [6.45, 7) is 8.63. The number of ether oxygens (including phenoxy) is 1. The minimum absolute atomic E-state index is 0.129. The van der Waals surface area contributed by atoms with E-state index < -0.39 is 0 Å². The second-order valence-corrected chi connectivity index (χ2v) is 8.38. The molecule has 1 aliphatic heterocycles. The van der Waals surface area contributed by atoms with E-state index in [0.717, 1.165) is 51.0 Å². The topological polar surface area (TPSA) is 46.5 Å². The summed E-state index contributed by atoms with van der Waals surface area (Å²) >= 11 is 0. The van der Waals surface area contributed by atoms with Crippen molar-refractivity contribution in [1.29, 1.82) is 0 Å². The number of hydrogen-bond donors (Lipinski definition) is 1. The van der Waals surface area contributed by atoms with E-state index in [9.17, 15) is 4.79 Å². The van der Waals surface area contributed by atoms with Gasteiger partial charge in [0.1, 0.15) is 6.54 Å². The van der Waals surface area contributed by atoms with Crippen molar-refractivity contribution < 1.29 is 9.53 Å². The van der Waals surface area contributed by atoms with Crippen LogP contribution in [0.15, 0.2) is 24.3 Å². The Morgan fingerprint density at radius 2 is 2.07 bits per heavy atom. The van der Waals surface area contributed by atoms with Crippen molar-refractivity contribution in [3.8, 4) is 0 Å². The number of carbonyl (C=O) groups is 1. The zero-order valence-corrected chi connectivity index (χ0v) is 17.2. The van der Waals surface area contributed by atoms with Crippen molar-refractivity contribution in [2.45, 2.75) is 71.2 Å². The van der Waals surface area contributed by atoms with Crippen molar-refractivity contribution in [3.63, 3.8) is 0 Å². The molecule has 1 saturated carbocycles. The number of likely N-dealkylation sites (tertiary alicyclic amines) is 1. The van der Waals surface area contributed by atoms with Crippen molar-refractivity contribution >= 4 is 16.8 Å². The lowest BCUT2D eigenvalue weighted by molar-refractivity contribution is -0.121. The summed E-state index contributed by atoms with van der Waals surface area (Å²) in [4.78, 5) is 15.0. The maximum atomic E-state index is 12.4. The molecular formula is C23H33N3O2. The number of nitrogens with one attached hydrogen (secondary N) is 1. The zero-order valence-electron chi connectivity index (χ0n) is 17.2. The predicted molar refractivity (Wildman–Crippen MR) is 112 cm³/mol. The molecule has 0 bridgehead atoms. The molecule has 1 N–H and O–H groups in total. The second kappa shape index (κ2) is 8.66. The molecule has 152 valence electrons. The highest BCUT2D eigenvalue weighted by molar-refractivity contribution is 5.87. The molecule has 2 fully saturated rings. The summed E-state index contributed by atoms with van der Waals surface area (Å²) in [5.74, 6) is 0.129. The number of aromatic nitrogens is 1. The average molecular weight is 384 g/mol. The molecular weight excluding hydrogens is 350 g/mol. The van der Waals surface area contributed by atoms with Crippen molar-refractivity contribution in [1.82, 2.24) is 14.8 Å². The minimum atomic E-state index is 0.129. The largest absolute Gasteiger partial charge is 0.377 e. The maximum Gasteiger partial charge on any atom is 0.240 e. The Labute approximate surface area is 168 Å². The van der Waals surface area contributed by atoms with Crippen LogP contribution in [0.25, 0.3) is 10.9 Å². The van der Waals surface area contributed by atoms with Crippen LogP contribution in [0.1, 0.15) is 50.3 Å². The monoisotopic (exact) mass is 383 g/mol. The number of fused-ring (bicyclic) bond motifs is 1. The van der Waals surface area contributed by atoms with Crippen LogP contribution in [0.5, 0.6) is 0 Å². The Balaban J connectivity index is 1.53. The van der Waals surface area contributed by atoms with E-state index in [1.807, 2.05) is 0 Å². The Bertz CT molecular complexity index is 825. The van der Waals surface area contributed by atoms with Gasteiger partial charge in [0.2, 0.25) is 5.91 Å². The Morgan fingerprint density at radius 1 is 1.25 bits per heavy atom. The number of piperidine rings is 1. The highest BCUT2D eigenvalue weighted by Crippen LogP contribution is 2.28. The molecule has 0 spiro atoms. The lowest BCUT2D eigenvalue weighted by Gasteiger charge is -2.32. The van der Waals surface area contributed by atoms with Crippen LogP contribution in [-0.2, 0) is 22.6 Å². The van der Waals surface area contributed by atoms with Gasteiger partial charge in [0.15, 0.2) is 0 Å². The van der Waals surface area contributed by atoms with Crippen LogP contribution in [0.2, 0.25) is 0 Å². The van der Waals surface area contributed by atoms with Gasteiger partial charge in [-0.05, 0) is 57.2 Å². The normalized spacial score (nSPS) is 20.6. The number of rotatable bonds is 8. The summed E-state index contributed by atoms with van der Waals surface area (Å²) in [5, 5.41) is 4.40. The number of nitrogens with zero attached hydrogens (tertiary/aromatic N) is 2. The van der Waals surface area contributed by atoms with Crippen molar-refractivity contribution in [2.24, 2.45) is 0 Å². The first-order valence-electron chi connectivity index (χ1n) is 10.9. The molecule has 1 saturated heterocycles. The number of amides is 1. The lowest BCUT2D eigenvalue weighted by atomic mass is 10.1. The van der Waals surface area contributed by atoms with Crippen molar-refractivity contribution in [3.05, 3.63) is 35.5 Å². The molecule has 1 amide bonds. The summed E-state index contributed by atoms with van der Waals surface area (Å²) in [6, 6.07) is 8.91. The summed E-state index contributed by atoms with van der Waals surface area (Å²) in [7, 11) is 0. The number of benzene rings is 1. The van der Waals surface area contributed by atoms with Crippen LogP contribution < -0.4 is 5.32 Å². The van der Waals surface area contributed by atoms with E-state index in [4.69, 9.17) is 4.74 Å². The number of para-hydroxylation sites is 1. The Morgan fingerprint density at radius 3 is 2.86 bits per heavy atom. The van der Waals surface area contributed by atoms with E-state index in [0.29, 0.717) is 18.7 Å². The second-order valence-electron chi connectivity index (χ2n) is 8.38. The van der Waals surface area contributed by atoms with Crippen molar-refractivity contribution in [2.75, 3.05) is 19.7 Å². The smallest absolute Gasteiger partial charge is 0.240 e. The van der Waals surface area contributed by atoms with Gasteiger partial charge in [-0.3, -0.25) is 9.69 Å². The summed E-state index contributed by atoms with van der Waals surface area (Å²) in [6.07, 6.45) is 6.03. The first-order valence-corrected chi connectivity index (χ1v) is 10.9. The van der Waals surface area contributed by atoms with E-state index in [1.54, 1.807) is 0 Å². The van der Waals surface area contributed by atoms with E-state index in [1.165, 1.54) is 29.5 Å². The third-order valence-electron chi connectivity index (χ3n) is 6.01. The fraction of sp³-hybridized carbons (Fsp3) is 0.609. The molecule has 1 unspecified atom stereocenters. The first-order chi connectivity index (χ1) is 13.7. The molecule has 5 heteroatoms. The van der Waals surface area contributed by atoms with Gasteiger partial charge in [-0.15, -0.1) is 0 Å². The highest BCUT2D eigenvalue weighted by Gasteiger charge is 2.25. The minimum Gasteiger partial charge on any atom is -0.377 e. The predicted octanol–water partition coefficient (Wildman–Crippen LogP) is 3.62. The van der Waals surface area contributed by atoms with Crippen LogP contribution in [0, 0.1) is 6.92 Å². The van der Waals surface area contributed by atoms with E-state index >= 15 is 0 Å². The fourth-order valence-corrected chi connectivity index (χ4v) is 4.35. The average Bonchev–Trinajstić information content (AvgIpc) is 3.48. The Kier molecular flexibility index (Phi) is 6.02. The highest BCUT2D eigenvalue weighted by atomic mass is 16.5. The lowest BCUT2D eigenvalue weighted by Crippen LogP contribution is -2.39. The summed E-state index contributed by atoms with van der Waals surface area (Å²) in [5.41, 5.74) is 3.73. The van der Waals surface area contributed by atoms with Crippen LogP contribution in [0.4, 0.5) is 0 Å². The van der Waals surface area contributed by atoms with Crippen LogP contribution >= 0.6 is 0 Å². The third-order valence-corrected chi connectivity index (χ3v) is 6.01. The summed E-state index contributed by atoms with van der Waals surface area (Å²) < 4.78 is 8.21. The van der Waals surface area contributed by atoms with Gasteiger partial charge in [0.25, 0.3) is 0 Å². The van der Waals surface area contributed by atoms with Gasteiger partial charge in [0, 0.05) is 42.3 Å². The van der Waals surface area contributed by atoms with Gasteiger partial charge < -0.3 is 14.6 Å². The van der Waals surface area contributed by atoms with Crippen LogP contribution in [-0.4, -0.2) is 47.2 Å². The van der Waals surface area contributed by atoms with Crippen LogP contribution in [0.3, 0.4) is 0 Å². The first kappa shape index (κ1) is 19.5. The maximum absolute atomic E-state index is 12.4. The van der Waals surface area contributed by atoms with Gasteiger partial charge >= 0.3 is 0 Å². The molecule has 2 heterocycles. The molecule has 5 nitrogen and oxygen atoms in total. The van der Waals surface area contributed by atoms with Gasteiger partial charge in [-0.25, -0.2) is 0 Å². The van der Waals surface area contributed by atoms with E-state index in [2.05, 4.69) is 52.9 Å². The molecule has 1 aromatic heterocycles. The van der Waals surface area contributed by atoms with E-state index in [-0.39, 0.29) is 5.91 Å². The fourth-order valence-electron chi connectivity index (χ4n) is 4.35.